The Balaban J connectivity index is 2.06. The standard InChI is InChI=1S/C15H19NO5/c1-15(13(18)19)8-7-12(17)9-16(15)14(20)21-10-11-5-3-2-4-6-11/h2-6,12,17H,7-10H2,1H3,(H,18,19)/t12-,15-/m0/s1. The van der Waals surface area contributed by atoms with E-state index in [1.54, 1.807) is 0 Å². The van der Waals surface area contributed by atoms with E-state index in [-0.39, 0.29) is 19.6 Å². The number of amides is 1. The van der Waals surface area contributed by atoms with Crippen LogP contribution in [0, 0.1) is 0 Å². The lowest BCUT2D eigenvalue weighted by molar-refractivity contribution is -0.153. The number of carboxylic acid groups (broad SMARTS) is 1. The van der Waals surface area contributed by atoms with E-state index >= 15 is 0 Å². The van der Waals surface area contributed by atoms with E-state index in [2.05, 4.69) is 0 Å². The summed E-state index contributed by atoms with van der Waals surface area (Å²) in [6, 6.07) is 9.14. The van der Waals surface area contributed by atoms with Crippen LogP contribution in [-0.2, 0) is 16.1 Å². The number of rotatable bonds is 3. The second-order valence-electron chi connectivity index (χ2n) is 5.42. The number of aliphatic hydroxyl groups is 1. The number of hydrogen-bond acceptors (Lipinski definition) is 4. The Morgan fingerprint density at radius 2 is 2.05 bits per heavy atom. The monoisotopic (exact) mass is 293 g/mol. The van der Waals surface area contributed by atoms with E-state index in [1.807, 2.05) is 30.3 Å². The summed E-state index contributed by atoms with van der Waals surface area (Å²) in [7, 11) is 0. The first kappa shape index (κ1) is 15.3. The van der Waals surface area contributed by atoms with Gasteiger partial charge in [0.25, 0.3) is 0 Å². The molecule has 0 bridgehead atoms. The molecule has 0 saturated carbocycles. The molecule has 1 amide bonds. The van der Waals surface area contributed by atoms with Crippen LogP contribution in [0.1, 0.15) is 25.3 Å². The van der Waals surface area contributed by atoms with Crippen molar-refractivity contribution in [2.24, 2.45) is 0 Å². The summed E-state index contributed by atoms with van der Waals surface area (Å²) in [4.78, 5) is 24.7. The van der Waals surface area contributed by atoms with Crippen LogP contribution in [0.25, 0.3) is 0 Å². The highest BCUT2D eigenvalue weighted by Crippen LogP contribution is 2.29. The van der Waals surface area contributed by atoms with Crippen molar-refractivity contribution < 1.29 is 24.5 Å². The number of benzene rings is 1. The zero-order chi connectivity index (χ0) is 15.5. The maximum Gasteiger partial charge on any atom is 0.411 e. The third kappa shape index (κ3) is 3.33. The van der Waals surface area contributed by atoms with Crippen molar-refractivity contribution in [1.29, 1.82) is 0 Å². The van der Waals surface area contributed by atoms with Crippen molar-refractivity contribution in [3.8, 4) is 0 Å². The Labute approximate surface area is 122 Å². The Morgan fingerprint density at radius 3 is 2.67 bits per heavy atom. The molecule has 0 unspecified atom stereocenters. The SMILES string of the molecule is C[C@@]1(C(=O)O)CC[C@H](O)CN1C(=O)OCc1ccccc1. The van der Waals surface area contributed by atoms with E-state index in [0.29, 0.717) is 6.42 Å². The second kappa shape index (κ2) is 6.13. The number of carboxylic acids is 1. The maximum atomic E-state index is 12.2. The molecular weight excluding hydrogens is 274 g/mol. The van der Waals surface area contributed by atoms with Crippen LogP contribution in [-0.4, -0.2) is 45.4 Å². The molecule has 1 heterocycles. The highest BCUT2D eigenvalue weighted by Gasteiger charge is 2.47. The number of carbonyl (C=O) groups excluding carboxylic acids is 1. The third-order valence-corrected chi connectivity index (χ3v) is 3.84. The number of ether oxygens (including phenoxy) is 1. The number of aliphatic carboxylic acids is 1. The predicted octanol–water partition coefficient (Wildman–Crippen LogP) is 1.62. The van der Waals surface area contributed by atoms with Crippen molar-refractivity contribution in [2.45, 2.75) is 38.0 Å². The number of carbonyl (C=O) groups is 2. The van der Waals surface area contributed by atoms with Gasteiger partial charge >= 0.3 is 12.1 Å². The topological polar surface area (TPSA) is 87.1 Å². The lowest BCUT2D eigenvalue weighted by Crippen LogP contribution is -2.60. The summed E-state index contributed by atoms with van der Waals surface area (Å²) in [5.74, 6) is -1.09. The van der Waals surface area contributed by atoms with Gasteiger partial charge in [-0.05, 0) is 25.3 Å². The lowest BCUT2D eigenvalue weighted by atomic mass is 9.88. The summed E-state index contributed by atoms with van der Waals surface area (Å²) in [6.45, 7) is 1.52. The average Bonchev–Trinajstić information content (AvgIpc) is 2.48. The molecule has 1 saturated heterocycles. The minimum atomic E-state index is -1.34. The molecule has 0 radical (unpaired) electrons. The van der Waals surface area contributed by atoms with Gasteiger partial charge in [-0.1, -0.05) is 30.3 Å². The fraction of sp³-hybridized carbons (Fsp3) is 0.467. The van der Waals surface area contributed by atoms with Gasteiger partial charge in [0.1, 0.15) is 12.1 Å². The molecule has 114 valence electrons. The molecule has 6 nitrogen and oxygen atoms in total. The highest BCUT2D eigenvalue weighted by atomic mass is 16.6. The van der Waals surface area contributed by atoms with Crippen molar-refractivity contribution in [2.75, 3.05) is 6.54 Å². The molecule has 6 heteroatoms. The molecule has 1 fully saturated rings. The van der Waals surface area contributed by atoms with Gasteiger partial charge in [0, 0.05) is 0 Å². The van der Waals surface area contributed by atoms with Crippen molar-refractivity contribution in [3.05, 3.63) is 35.9 Å². The van der Waals surface area contributed by atoms with Crippen LogP contribution >= 0.6 is 0 Å². The molecule has 2 atom stereocenters. The number of hydrogen-bond donors (Lipinski definition) is 2. The number of likely N-dealkylation sites (tertiary alicyclic amines) is 1. The summed E-state index contributed by atoms with van der Waals surface area (Å²) in [5, 5.41) is 19.0. The predicted molar refractivity (Wildman–Crippen MR) is 74.6 cm³/mol. The molecule has 1 aliphatic heterocycles. The van der Waals surface area contributed by atoms with Gasteiger partial charge in [0.2, 0.25) is 0 Å². The Morgan fingerprint density at radius 1 is 1.38 bits per heavy atom. The van der Waals surface area contributed by atoms with E-state index in [9.17, 15) is 19.8 Å². The highest BCUT2D eigenvalue weighted by molar-refractivity contribution is 5.84. The average molecular weight is 293 g/mol. The minimum absolute atomic E-state index is 0.0313. The Bertz CT molecular complexity index is 518. The maximum absolute atomic E-state index is 12.2. The van der Waals surface area contributed by atoms with Gasteiger partial charge in [-0.3, -0.25) is 4.90 Å². The number of nitrogens with zero attached hydrogens (tertiary/aromatic N) is 1. The summed E-state index contributed by atoms with van der Waals surface area (Å²) in [5.41, 5.74) is -0.520. The van der Waals surface area contributed by atoms with Gasteiger partial charge in [0.05, 0.1) is 12.6 Å². The number of β-amino-alcohol motifs (C(OH)–C–C–N with tert-alkyl or cyclic N) is 1. The van der Waals surface area contributed by atoms with Crippen LogP contribution in [0.4, 0.5) is 4.79 Å². The van der Waals surface area contributed by atoms with E-state index < -0.39 is 23.7 Å². The minimum Gasteiger partial charge on any atom is -0.480 e. The lowest BCUT2D eigenvalue weighted by Gasteiger charge is -2.42. The molecule has 0 aromatic heterocycles. The van der Waals surface area contributed by atoms with Gasteiger partial charge in [0.15, 0.2) is 0 Å². The van der Waals surface area contributed by atoms with E-state index in [4.69, 9.17) is 4.74 Å². The quantitative estimate of drug-likeness (QED) is 0.884. The normalized spacial score (nSPS) is 25.4. The molecule has 21 heavy (non-hydrogen) atoms. The Kier molecular flexibility index (Phi) is 4.47. The zero-order valence-electron chi connectivity index (χ0n) is 11.9. The number of aliphatic hydroxyl groups excluding tert-OH is 1. The van der Waals surface area contributed by atoms with Crippen LogP contribution < -0.4 is 0 Å². The molecule has 2 N–H and O–H groups in total. The molecule has 2 rings (SSSR count). The summed E-state index contributed by atoms with van der Waals surface area (Å²) >= 11 is 0. The van der Waals surface area contributed by atoms with Gasteiger partial charge in [-0.25, -0.2) is 9.59 Å². The zero-order valence-corrected chi connectivity index (χ0v) is 11.9. The Hall–Kier alpha value is -2.08. The smallest absolute Gasteiger partial charge is 0.411 e. The van der Waals surface area contributed by atoms with E-state index in [1.165, 1.54) is 6.92 Å². The number of piperidine rings is 1. The first-order valence-electron chi connectivity index (χ1n) is 6.83. The summed E-state index contributed by atoms with van der Waals surface area (Å²) in [6.07, 6.45) is -0.890. The van der Waals surface area contributed by atoms with Gasteiger partial charge in [-0.15, -0.1) is 0 Å². The van der Waals surface area contributed by atoms with Gasteiger partial charge < -0.3 is 14.9 Å². The van der Waals surface area contributed by atoms with Crippen LogP contribution in [0.3, 0.4) is 0 Å². The van der Waals surface area contributed by atoms with Crippen molar-refractivity contribution in [3.63, 3.8) is 0 Å². The fourth-order valence-electron chi connectivity index (χ4n) is 2.38. The van der Waals surface area contributed by atoms with Crippen LogP contribution in [0.2, 0.25) is 0 Å². The first-order valence-corrected chi connectivity index (χ1v) is 6.83. The van der Waals surface area contributed by atoms with Crippen LogP contribution in [0.15, 0.2) is 30.3 Å². The molecule has 1 aliphatic rings. The largest absolute Gasteiger partial charge is 0.480 e. The summed E-state index contributed by atoms with van der Waals surface area (Å²) < 4.78 is 5.17. The first-order chi connectivity index (χ1) is 9.93. The van der Waals surface area contributed by atoms with Crippen molar-refractivity contribution >= 4 is 12.1 Å². The molecule has 1 aromatic carbocycles. The van der Waals surface area contributed by atoms with E-state index in [0.717, 1.165) is 10.5 Å². The van der Waals surface area contributed by atoms with Gasteiger partial charge in [-0.2, -0.15) is 0 Å². The van der Waals surface area contributed by atoms with Crippen LogP contribution in [0.5, 0.6) is 0 Å². The van der Waals surface area contributed by atoms with Crippen molar-refractivity contribution in [1.82, 2.24) is 4.90 Å². The molecular formula is C15H19NO5. The molecule has 0 aliphatic carbocycles. The fourth-order valence-corrected chi connectivity index (χ4v) is 2.38. The second-order valence-corrected chi connectivity index (χ2v) is 5.42. The molecule has 0 spiro atoms. The third-order valence-electron chi connectivity index (χ3n) is 3.84. The molecule has 1 aromatic rings.